The highest BCUT2D eigenvalue weighted by Crippen LogP contribution is 2.36. The van der Waals surface area contributed by atoms with Gasteiger partial charge in [-0.15, -0.1) is 0 Å². The summed E-state index contributed by atoms with van der Waals surface area (Å²) in [4.78, 5) is 4.21. The van der Waals surface area contributed by atoms with Gasteiger partial charge in [0.1, 0.15) is 6.07 Å². The fraction of sp³-hybridized carbons (Fsp3) is 0.400. The zero-order valence-electron chi connectivity index (χ0n) is 7.71. The Hall–Kier alpha value is -1.11. The first-order chi connectivity index (χ1) is 6.65. The van der Waals surface area contributed by atoms with E-state index in [0.29, 0.717) is 34.8 Å². The lowest BCUT2D eigenvalue weighted by atomic mass is 10.1. The standard InChI is InChI=1S/C10H9ClN2O/c1-5-7(4-12)9(11)6-2-3-8(14)10(6)13-5/h8,14H,2-3H2,1H3. The van der Waals surface area contributed by atoms with Crippen LogP contribution in [-0.4, -0.2) is 10.1 Å². The number of nitrogens with zero attached hydrogens (tertiary/aromatic N) is 2. The van der Waals surface area contributed by atoms with Gasteiger partial charge < -0.3 is 5.11 Å². The maximum Gasteiger partial charge on any atom is 0.103 e. The predicted octanol–water partition coefficient (Wildman–Crippen LogP) is 1.89. The van der Waals surface area contributed by atoms with Crippen molar-refractivity contribution in [3.05, 3.63) is 27.5 Å². The highest BCUT2D eigenvalue weighted by Gasteiger charge is 2.26. The lowest BCUT2D eigenvalue weighted by Gasteiger charge is -2.07. The summed E-state index contributed by atoms with van der Waals surface area (Å²) in [6.07, 6.45) is 0.835. The van der Waals surface area contributed by atoms with Crippen LogP contribution in [0.15, 0.2) is 0 Å². The number of nitriles is 1. The number of fused-ring (bicyclic) bond motifs is 1. The number of hydrogen-bond donors (Lipinski definition) is 1. The van der Waals surface area contributed by atoms with Gasteiger partial charge >= 0.3 is 0 Å². The van der Waals surface area contributed by atoms with Crippen LogP contribution in [0.3, 0.4) is 0 Å². The molecule has 1 unspecified atom stereocenters. The lowest BCUT2D eigenvalue weighted by Crippen LogP contribution is -2.00. The van der Waals surface area contributed by atoms with E-state index in [1.165, 1.54) is 0 Å². The molecular weight excluding hydrogens is 200 g/mol. The zero-order valence-corrected chi connectivity index (χ0v) is 8.47. The van der Waals surface area contributed by atoms with Crippen LogP contribution in [0.2, 0.25) is 5.02 Å². The van der Waals surface area contributed by atoms with Gasteiger partial charge in [0.15, 0.2) is 0 Å². The van der Waals surface area contributed by atoms with Crippen LogP contribution in [0.4, 0.5) is 0 Å². The second-order valence-electron chi connectivity index (χ2n) is 3.42. The van der Waals surface area contributed by atoms with E-state index in [1.54, 1.807) is 6.92 Å². The number of rotatable bonds is 0. The molecule has 1 aromatic heterocycles. The highest BCUT2D eigenvalue weighted by molar-refractivity contribution is 6.32. The Morgan fingerprint density at radius 3 is 3.00 bits per heavy atom. The summed E-state index contributed by atoms with van der Waals surface area (Å²) in [5.41, 5.74) is 2.50. The van der Waals surface area contributed by atoms with Crippen LogP contribution >= 0.6 is 11.6 Å². The summed E-state index contributed by atoms with van der Waals surface area (Å²) in [5, 5.41) is 18.9. The van der Waals surface area contributed by atoms with E-state index < -0.39 is 6.10 Å². The molecule has 1 N–H and O–H groups in total. The molecule has 1 aromatic rings. The van der Waals surface area contributed by atoms with Gasteiger partial charge in [-0.2, -0.15) is 5.26 Å². The normalized spacial score (nSPS) is 19.1. The molecule has 1 aliphatic carbocycles. The quantitative estimate of drug-likeness (QED) is 0.709. The van der Waals surface area contributed by atoms with Gasteiger partial charge in [-0.25, -0.2) is 0 Å². The number of halogens is 1. The number of pyridine rings is 1. The van der Waals surface area contributed by atoms with Crippen LogP contribution in [0, 0.1) is 18.3 Å². The third kappa shape index (κ3) is 1.19. The van der Waals surface area contributed by atoms with Crippen LogP contribution in [0.25, 0.3) is 0 Å². The number of aliphatic hydroxyl groups is 1. The van der Waals surface area contributed by atoms with Crippen molar-refractivity contribution in [3.63, 3.8) is 0 Å². The maximum atomic E-state index is 9.59. The third-order valence-corrected chi connectivity index (χ3v) is 2.96. The van der Waals surface area contributed by atoms with E-state index >= 15 is 0 Å². The van der Waals surface area contributed by atoms with E-state index in [0.717, 1.165) is 5.56 Å². The van der Waals surface area contributed by atoms with Crippen molar-refractivity contribution in [2.45, 2.75) is 25.9 Å². The van der Waals surface area contributed by atoms with Crippen molar-refractivity contribution >= 4 is 11.6 Å². The molecule has 0 fully saturated rings. The van der Waals surface area contributed by atoms with E-state index in [9.17, 15) is 5.11 Å². The van der Waals surface area contributed by atoms with Gasteiger partial charge in [0.05, 0.1) is 28.1 Å². The number of aryl methyl sites for hydroxylation is 1. The molecule has 0 aromatic carbocycles. The Balaban J connectivity index is 2.70. The molecule has 0 bridgehead atoms. The minimum Gasteiger partial charge on any atom is -0.387 e. The molecule has 0 aliphatic heterocycles. The van der Waals surface area contributed by atoms with E-state index in [4.69, 9.17) is 16.9 Å². The number of hydrogen-bond acceptors (Lipinski definition) is 3. The molecule has 1 atom stereocenters. The first kappa shape index (κ1) is 9.45. The molecule has 1 aliphatic rings. The van der Waals surface area contributed by atoms with Gasteiger partial charge in [-0.05, 0) is 25.3 Å². The second-order valence-corrected chi connectivity index (χ2v) is 3.79. The molecule has 72 valence electrons. The Morgan fingerprint density at radius 1 is 1.64 bits per heavy atom. The van der Waals surface area contributed by atoms with Crippen molar-refractivity contribution in [2.24, 2.45) is 0 Å². The summed E-state index contributed by atoms with van der Waals surface area (Å²) in [6, 6.07) is 2.03. The molecular formula is C10H9ClN2O. The highest BCUT2D eigenvalue weighted by atomic mass is 35.5. The van der Waals surface area contributed by atoms with Crippen LogP contribution in [0.5, 0.6) is 0 Å². The molecule has 1 heterocycles. The average Bonchev–Trinajstić information content (AvgIpc) is 2.49. The van der Waals surface area contributed by atoms with Crippen LogP contribution < -0.4 is 0 Å². The van der Waals surface area contributed by atoms with Gasteiger partial charge in [0.2, 0.25) is 0 Å². The third-order valence-electron chi connectivity index (χ3n) is 2.54. The molecule has 0 saturated carbocycles. The monoisotopic (exact) mass is 208 g/mol. The Morgan fingerprint density at radius 2 is 2.36 bits per heavy atom. The minimum atomic E-state index is -0.519. The summed E-state index contributed by atoms with van der Waals surface area (Å²) in [7, 11) is 0. The molecule has 4 heteroatoms. The lowest BCUT2D eigenvalue weighted by molar-refractivity contribution is 0.175. The van der Waals surface area contributed by atoms with Gasteiger partial charge in [0.25, 0.3) is 0 Å². The minimum absolute atomic E-state index is 0.430. The van der Waals surface area contributed by atoms with Crippen molar-refractivity contribution in [2.75, 3.05) is 0 Å². The second kappa shape index (κ2) is 3.23. The van der Waals surface area contributed by atoms with E-state index in [1.807, 2.05) is 6.07 Å². The van der Waals surface area contributed by atoms with Crippen LogP contribution in [0.1, 0.15) is 35.0 Å². The Bertz CT molecular complexity index is 437. The van der Waals surface area contributed by atoms with Crippen molar-refractivity contribution in [1.82, 2.24) is 4.98 Å². The smallest absolute Gasteiger partial charge is 0.103 e. The van der Waals surface area contributed by atoms with Gasteiger partial charge in [0, 0.05) is 0 Å². The van der Waals surface area contributed by atoms with Gasteiger partial charge in [-0.1, -0.05) is 11.6 Å². The fourth-order valence-corrected chi connectivity index (χ4v) is 2.16. The SMILES string of the molecule is Cc1nc2c(c(Cl)c1C#N)CCC2O. The average molecular weight is 209 g/mol. The van der Waals surface area contributed by atoms with E-state index in [2.05, 4.69) is 4.98 Å². The van der Waals surface area contributed by atoms with Crippen molar-refractivity contribution < 1.29 is 5.11 Å². The summed E-state index contributed by atoms with van der Waals surface area (Å²) in [6.45, 7) is 1.73. The molecule has 14 heavy (non-hydrogen) atoms. The first-order valence-electron chi connectivity index (χ1n) is 4.42. The topological polar surface area (TPSA) is 56.9 Å². The Kier molecular flexibility index (Phi) is 2.18. The maximum absolute atomic E-state index is 9.59. The number of aliphatic hydroxyl groups excluding tert-OH is 1. The molecule has 0 radical (unpaired) electrons. The molecule has 0 saturated heterocycles. The summed E-state index contributed by atoms with van der Waals surface area (Å²) < 4.78 is 0. The fourth-order valence-electron chi connectivity index (χ4n) is 1.79. The van der Waals surface area contributed by atoms with Crippen molar-refractivity contribution in [1.29, 1.82) is 5.26 Å². The van der Waals surface area contributed by atoms with Crippen LogP contribution in [-0.2, 0) is 6.42 Å². The predicted molar refractivity (Wildman–Crippen MR) is 52.0 cm³/mol. The first-order valence-corrected chi connectivity index (χ1v) is 4.80. The largest absolute Gasteiger partial charge is 0.387 e. The molecule has 0 spiro atoms. The molecule has 3 nitrogen and oxygen atoms in total. The number of aromatic nitrogens is 1. The molecule has 0 amide bonds. The van der Waals surface area contributed by atoms with E-state index in [-0.39, 0.29) is 0 Å². The zero-order chi connectivity index (χ0) is 10.3. The summed E-state index contributed by atoms with van der Waals surface area (Å²) in [5.74, 6) is 0. The Labute approximate surface area is 87.0 Å². The van der Waals surface area contributed by atoms with Gasteiger partial charge in [-0.3, -0.25) is 4.98 Å². The molecule has 2 rings (SSSR count). The van der Waals surface area contributed by atoms with Crippen molar-refractivity contribution in [3.8, 4) is 6.07 Å². The summed E-state index contributed by atoms with van der Waals surface area (Å²) >= 11 is 6.05.